The quantitative estimate of drug-likeness (QED) is 0.416. The normalized spacial score (nSPS) is 11.3. The maximum absolute atomic E-state index is 12.6. The molecule has 3 rings (SSSR count). The second-order valence-electron chi connectivity index (χ2n) is 6.01. The third-order valence-electron chi connectivity index (χ3n) is 3.86. The lowest BCUT2D eigenvalue weighted by Gasteiger charge is -2.08. The zero-order valence-corrected chi connectivity index (χ0v) is 14.8. The molecule has 9 nitrogen and oxygen atoms in total. The van der Waals surface area contributed by atoms with Crippen molar-refractivity contribution in [2.45, 2.75) is 13.5 Å². The number of hydrogen-bond donors (Lipinski definition) is 1. The van der Waals surface area contributed by atoms with Crippen LogP contribution in [-0.4, -0.2) is 29.9 Å². The first-order valence-corrected chi connectivity index (χ1v) is 7.90. The van der Waals surface area contributed by atoms with E-state index in [2.05, 4.69) is 27.1 Å². The number of aromatic nitrogens is 5. The number of imidazole rings is 1. The minimum Gasteiger partial charge on any atom is -0.299 e. The number of hydrogen-bond acceptors (Lipinski definition) is 6. The van der Waals surface area contributed by atoms with Gasteiger partial charge in [-0.3, -0.25) is 23.5 Å². The number of anilines is 1. The summed E-state index contributed by atoms with van der Waals surface area (Å²) in [5, 5.41) is 4.17. The van der Waals surface area contributed by atoms with E-state index in [0.717, 1.165) is 15.7 Å². The van der Waals surface area contributed by atoms with Crippen LogP contribution in [0, 0.1) is 0 Å². The number of nitrogens with one attached hydrogen (secondary N) is 1. The van der Waals surface area contributed by atoms with E-state index in [1.807, 2.05) is 19.1 Å². The average molecular weight is 353 g/mol. The lowest BCUT2D eigenvalue weighted by Crippen LogP contribution is -2.37. The molecule has 0 aromatic carbocycles. The molecule has 0 aliphatic carbocycles. The van der Waals surface area contributed by atoms with Gasteiger partial charge in [0.1, 0.15) is 0 Å². The molecule has 3 heterocycles. The summed E-state index contributed by atoms with van der Waals surface area (Å²) >= 11 is 0. The van der Waals surface area contributed by atoms with Crippen LogP contribution in [0.5, 0.6) is 0 Å². The Balaban J connectivity index is 2.12. The van der Waals surface area contributed by atoms with Gasteiger partial charge in [-0.1, -0.05) is 12.2 Å². The van der Waals surface area contributed by atoms with Gasteiger partial charge >= 0.3 is 5.69 Å². The van der Waals surface area contributed by atoms with Crippen molar-refractivity contribution < 1.29 is 0 Å². The van der Waals surface area contributed by atoms with Crippen LogP contribution >= 0.6 is 0 Å². The Morgan fingerprint density at radius 1 is 1.27 bits per heavy atom. The molecule has 1 N–H and O–H groups in total. The minimum atomic E-state index is -0.436. The molecule has 0 unspecified atom stereocenters. The van der Waals surface area contributed by atoms with Crippen LogP contribution in [0.4, 0.5) is 5.95 Å². The number of nitrogens with zero attached hydrogens (tertiary/aromatic N) is 6. The highest BCUT2D eigenvalue weighted by Crippen LogP contribution is 2.17. The van der Waals surface area contributed by atoms with Crippen LogP contribution in [0.1, 0.15) is 12.5 Å². The van der Waals surface area contributed by atoms with Crippen molar-refractivity contribution in [1.29, 1.82) is 0 Å². The minimum absolute atomic E-state index is 0.293. The molecule has 0 saturated carbocycles. The Morgan fingerprint density at radius 3 is 2.62 bits per heavy atom. The van der Waals surface area contributed by atoms with Gasteiger partial charge in [-0.25, -0.2) is 10.2 Å². The van der Waals surface area contributed by atoms with E-state index in [1.165, 1.54) is 11.6 Å². The molecule has 0 bridgehead atoms. The summed E-state index contributed by atoms with van der Waals surface area (Å²) in [6, 6.07) is 3.61. The highest BCUT2D eigenvalue weighted by molar-refractivity contribution is 5.80. The standard InChI is InChI=1S/C17H19N7O2/c1-11(2)10-24-13-14(22(3)17(26)23(4)15(13)25)20-16(24)21-19-9-12-5-7-18-8-6-12/h5-9H,1,10H2,2-4H3,(H,20,21). The molecule has 26 heavy (non-hydrogen) atoms. The second-order valence-corrected chi connectivity index (χ2v) is 6.01. The van der Waals surface area contributed by atoms with Gasteiger partial charge in [-0.2, -0.15) is 10.1 Å². The summed E-state index contributed by atoms with van der Waals surface area (Å²) in [5.41, 5.74) is 4.30. The Hall–Kier alpha value is -3.49. The smallest absolute Gasteiger partial charge is 0.299 e. The van der Waals surface area contributed by atoms with Gasteiger partial charge in [-0.05, 0) is 24.6 Å². The van der Waals surface area contributed by atoms with Crippen molar-refractivity contribution in [1.82, 2.24) is 23.7 Å². The fourth-order valence-corrected chi connectivity index (χ4v) is 2.57. The third-order valence-corrected chi connectivity index (χ3v) is 3.86. The van der Waals surface area contributed by atoms with Crippen molar-refractivity contribution in [2.75, 3.05) is 5.43 Å². The fourth-order valence-electron chi connectivity index (χ4n) is 2.57. The molecule has 0 atom stereocenters. The van der Waals surface area contributed by atoms with Crippen LogP contribution in [0.25, 0.3) is 11.2 Å². The number of pyridine rings is 1. The fraction of sp³-hybridized carbons (Fsp3) is 0.235. The zero-order chi connectivity index (χ0) is 18.8. The van der Waals surface area contributed by atoms with Crippen molar-refractivity contribution in [3.63, 3.8) is 0 Å². The van der Waals surface area contributed by atoms with Gasteiger partial charge in [0.2, 0.25) is 5.95 Å². The molecule has 0 aliphatic rings. The average Bonchev–Trinajstić information content (AvgIpc) is 2.97. The third kappa shape index (κ3) is 3.06. The van der Waals surface area contributed by atoms with Crippen LogP contribution < -0.4 is 16.7 Å². The molecule has 0 saturated heterocycles. The number of hydrazone groups is 1. The van der Waals surface area contributed by atoms with E-state index in [-0.39, 0.29) is 0 Å². The second kappa shape index (κ2) is 6.79. The molecular formula is C17H19N7O2. The van der Waals surface area contributed by atoms with E-state index in [4.69, 9.17) is 0 Å². The molecule has 0 aliphatic heterocycles. The lowest BCUT2D eigenvalue weighted by molar-refractivity contribution is 0.702. The lowest BCUT2D eigenvalue weighted by atomic mass is 10.3. The molecule has 0 fully saturated rings. The number of rotatable bonds is 5. The predicted octanol–water partition coefficient (Wildman–Crippen LogP) is 0.851. The summed E-state index contributed by atoms with van der Waals surface area (Å²) < 4.78 is 4.07. The molecule has 3 aromatic heterocycles. The first-order chi connectivity index (χ1) is 12.4. The number of aryl methyl sites for hydroxylation is 1. The van der Waals surface area contributed by atoms with E-state index >= 15 is 0 Å². The Bertz CT molecular complexity index is 1120. The van der Waals surface area contributed by atoms with Crippen molar-refractivity contribution in [3.05, 3.63) is 63.1 Å². The van der Waals surface area contributed by atoms with Crippen LogP contribution in [-0.2, 0) is 20.6 Å². The van der Waals surface area contributed by atoms with E-state index in [0.29, 0.717) is 23.7 Å². The highest BCUT2D eigenvalue weighted by Gasteiger charge is 2.18. The molecule has 0 amide bonds. The summed E-state index contributed by atoms with van der Waals surface area (Å²) in [4.78, 5) is 33.1. The first kappa shape index (κ1) is 17.3. The van der Waals surface area contributed by atoms with Gasteiger partial charge in [0, 0.05) is 33.0 Å². The van der Waals surface area contributed by atoms with E-state index in [1.54, 1.807) is 30.2 Å². The van der Waals surface area contributed by atoms with Crippen LogP contribution in [0.3, 0.4) is 0 Å². The highest BCUT2D eigenvalue weighted by atomic mass is 16.2. The van der Waals surface area contributed by atoms with Crippen molar-refractivity contribution in [2.24, 2.45) is 19.2 Å². The molecular weight excluding hydrogens is 334 g/mol. The number of fused-ring (bicyclic) bond motifs is 1. The number of allylic oxidation sites excluding steroid dienone is 1. The Labute approximate surface area is 148 Å². The summed E-state index contributed by atoms with van der Waals surface area (Å²) in [6.45, 7) is 6.12. The summed E-state index contributed by atoms with van der Waals surface area (Å²) in [7, 11) is 3.02. The van der Waals surface area contributed by atoms with Gasteiger partial charge < -0.3 is 0 Å². The predicted molar refractivity (Wildman–Crippen MR) is 100 cm³/mol. The van der Waals surface area contributed by atoms with Crippen LogP contribution in [0.2, 0.25) is 0 Å². The molecule has 134 valence electrons. The van der Waals surface area contributed by atoms with Crippen molar-refractivity contribution in [3.8, 4) is 0 Å². The molecule has 0 spiro atoms. The Kier molecular flexibility index (Phi) is 4.53. The van der Waals surface area contributed by atoms with Crippen LogP contribution in [0.15, 0.2) is 51.4 Å². The van der Waals surface area contributed by atoms with Crippen molar-refractivity contribution >= 4 is 23.3 Å². The summed E-state index contributed by atoms with van der Waals surface area (Å²) in [6.07, 6.45) is 4.94. The zero-order valence-electron chi connectivity index (χ0n) is 14.8. The molecule has 0 radical (unpaired) electrons. The maximum atomic E-state index is 12.6. The van der Waals surface area contributed by atoms with Gasteiger partial charge in [-0.15, -0.1) is 0 Å². The monoisotopic (exact) mass is 353 g/mol. The van der Waals surface area contributed by atoms with E-state index in [9.17, 15) is 9.59 Å². The molecule has 3 aromatic rings. The van der Waals surface area contributed by atoms with Gasteiger partial charge in [0.25, 0.3) is 5.56 Å². The SMILES string of the molecule is C=C(C)Cn1c(NN=Cc2ccncc2)nc2c1c(=O)n(C)c(=O)n2C. The molecule has 9 heteroatoms. The first-order valence-electron chi connectivity index (χ1n) is 7.90. The van der Waals surface area contributed by atoms with E-state index < -0.39 is 11.2 Å². The largest absolute Gasteiger partial charge is 0.332 e. The maximum Gasteiger partial charge on any atom is 0.332 e. The van der Waals surface area contributed by atoms with Gasteiger partial charge in [0.05, 0.1) is 6.21 Å². The Morgan fingerprint density at radius 2 is 1.96 bits per heavy atom. The van der Waals surface area contributed by atoms with Gasteiger partial charge in [0.15, 0.2) is 11.2 Å². The summed E-state index contributed by atoms with van der Waals surface area (Å²) in [5.74, 6) is 0.353. The topological polar surface area (TPSA) is 99.1 Å².